The molecule has 0 fully saturated rings. The van der Waals surface area contributed by atoms with Gasteiger partial charge in [-0.2, -0.15) is 0 Å². The zero-order valence-corrected chi connectivity index (χ0v) is 19.4. The van der Waals surface area contributed by atoms with E-state index in [9.17, 15) is 0 Å². The van der Waals surface area contributed by atoms with Gasteiger partial charge in [0.15, 0.2) is 0 Å². The zero-order chi connectivity index (χ0) is 22.9. The van der Waals surface area contributed by atoms with Gasteiger partial charge in [0.1, 0.15) is 0 Å². The number of anilines is 2. The molecule has 0 saturated heterocycles. The quantitative estimate of drug-likeness (QED) is 0.287. The summed E-state index contributed by atoms with van der Waals surface area (Å²) in [7, 11) is 0. The number of aryl methyl sites for hydroxylation is 2. The predicted molar refractivity (Wildman–Crippen MR) is 142 cm³/mol. The SMILES string of the molecule is Cc1ccc(Nc2ccc3c(c2)C2(c4ccccc4-c4ccccc42)c2ccccc2-3)c(C)c1. The summed E-state index contributed by atoms with van der Waals surface area (Å²) >= 11 is 0. The summed E-state index contributed by atoms with van der Waals surface area (Å²) in [6.45, 7) is 4.31. The molecule has 1 spiro atoms. The highest BCUT2D eigenvalue weighted by Crippen LogP contribution is 2.62. The second-order valence-electron chi connectivity index (χ2n) is 9.59. The van der Waals surface area contributed by atoms with Gasteiger partial charge in [0.05, 0.1) is 5.41 Å². The van der Waals surface area contributed by atoms with Gasteiger partial charge in [0.2, 0.25) is 0 Å². The Labute approximate surface area is 200 Å². The lowest BCUT2D eigenvalue weighted by molar-refractivity contribution is 0.794. The fourth-order valence-corrected chi connectivity index (χ4v) is 6.28. The highest BCUT2D eigenvalue weighted by molar-refractivity contribution is 5.95. The molecule has 0 amide bonds. The second-order valence-corrected chi connectivity index (χ2v) is 9.59. The first-order chi connectivity index (χ1) is 16.7. The number of nitrogens with one attached hydrogen (secondary N) is 1. The maximum Gasteiger partial charge on any atom is 0.0726 e. The van der Waals surface area contributed by atoms with Crippen LogP contribution in [-0.4, -0.2) is 0 Å². The Morgan fingerprint density at radius 3 is 1.59 bits per heavy atom. The number of fused-ring (bicyclic) bond motifs is 10. The van der Waals surface area contributed by atoms with E-state index in [1.54, 1.807) is 0 Å². The van der Waals surface area contributed by atoms with E-state index in [1.165, 1.54) is 55.6 Å². The van der Waals surface area contributed by atoms with E-state index in [0.29, 0.717) is 0 Å². The average molecular weight is 436 g/mol. The van der Waals surface area contributed by atoms with E-state index in [-0.39, 0.29) is 5.41 Å². The highest BCUT2D eigenvalue weighted by atomic mass is 14.9. The van der Waals surface area contributed by atoms with Gasteiger partial charge in [-0.05, 0) is 82.1 Å². The van der Waals surface area contributed by atoms with Gasteiger partial charge in [-0.15, -0.1) is 0 Å². The van der Waals surface area contributed by atoms with E-state index in [0.717, 1.165) is 11.4 Å². The first-order valence-electron chi connectivity index (χ1n) is 12.0. The van der Waals surface area contributed by atoms with E-state index >= 15 is 0 Å². The minimum absolute atomic E-state index is 0.293. The molecule has 1 nitrogen and oxygen atoms in total. The van der Waals surface area contributed by atoms with Gasteiger partial charge in [0, 0.05) is 11.4 Å². The maximum atomic E-state index is 3.71. The molecule has 0 radical (unpaired) electrons. The Kier molecular flexibility index (Phi) is 3.96. The average Bonchev–Trinajstić information content (AvgIpc) is 3.33. The van der Waals surface area contributed by atoms with Crippen LogP contribution < -0.4 is 5.32 Å². The number of hydrogen-bond acceptors (Lipinski definition) is 1. The first kappa shape index (κ1) is 19.4. The standard InChI is InChI=1S/C33H25N/c1-21-15-18-32(22(2)19-21)34-23-16-17-27-26-11-5-8-14-30(26)33(31(27)20-23)28-12-6-3-9-24(28)25-10-4-7-13-29(25)33/h3-20,34H,1-2H3. The molecule has 162 valence electrons. The van der Waals surface area contributed by atoms with Crippen LogP contribution in [0.15, 0.2) is 109 Å². The van der Waals surface area contributed by atoms with E-state index < -0.39 is 0 Å². The van der Waals surface area contributed by atoms with E-state index in [1.807, 2.05) is 0 Å². The van der Waals surface area contributed by atoms with Crippen molar-refractivity contribution in [1.82, 2.24) is 0 Å². The molecule has 7 rings (SSSR count). The molecular formula is C33H25N. The lowest BCUT2D eigenvalue weighted by Crippen LogP contribution is -2.25. The smallest absolute Gasteiger partial charge is 0.0726 e. The maximum absolute atomic E-state index is 3.71. The summed E-state index contributed by atoms with van der Waals surface area (Å²) in [5, 5.41) is 3.71. The third-order valence-electron chi connectivity index (χ3n) is 7.66. The molecule has 1 N–H and O–H groups in total. The minimum atomic E-state index is -0.293. The van der Waals surface area contributed by atoms with Crippen molar-refractivity contribution in [2.24, 2.45) is 0 Å². The summed E-state index contributed by atoms with van der Waals surface area (Å²) in [6, 6.07) is 40.4. The molecule has 5 aromatic carbocycles. The summed E-state index contributed by atoms with van der Waals surface area (Å²) < 4.78 is 0. The van der Waals surface area contributed by atoms with E-state index in [4.69, 9.17) is 0 Å². The molecule has 5 aromatic rings. The molecule has 0 atom stereocenters. The van der Waals surface area contributed by atoms with Crippen LogP contribution in [0.3, 0.4) is 0 Å². The molecule has 1 heteroatoms. The normalized spacial score (nSPS) is 13.8. The number of benzene rings is 5. The van der Waals surface area contributed by atoms with Crippen molar-refractivity contribution in [3.05, 3.63) is 143 Å². The van der Waals surface area contributed by atoms with Crippen molar-refractivity contribution < 1.29 is 0 Å². The Hall–Kier alpha value is -4.10. The summed E-state index contributed by atoms with van der Waals surface area (Å²) in [5.74, 6) is 0. The van der Waals surface area contributed by atoms with Gasteiger partial charge in [0.25, 0.3) is 0 Å². The first-order valence-corrected chi connectivity index (χ1v) is 12.0. The van der Waals surface area contributed by atoms with Crippen LogP contribution in [0.2, 0.25) is 0 Å². The third kappa shape index (κ3) is 2.44. The van der Waals surface area contributed by atoms with Crippen LogP contribution in [0, 0.1) is 13.8 Å². The highest BCUT2D eigenvalue weighted by Gasteiger charge is 2.51. The van der Waals surface area contributed by atoms with Crippen LogP contribution >= 0.6 is 0 Å². The Morgan fingerprint density at radius 1 is 0.500 bits per heavy atom. The largest absolute Gasteiger partial charge is 0.355 e. The molecular weight excluding hydrogens is 410 g/mol. The lowest BCUT2D eigenvalue weighted by atomic mass is 9.70. The number of hydrogen-bond donors (Lipinski definition) is 1. The Morgan fingerprint density at radius 2 is 1.03 bits per heavy atom. The molecule has 0 heterocycles. The van der Waals surface area contributed by atoms with Crippen LogP contribution in [0.5, 0.6) is 0 Å². The summed E-state index contributed by atoms with van der Waals surface area (Å²) in [5.41, 5.74) is 15.4. The van der Waals surface area contributed by atoms with Crippen molar-refractivity contribution in [3.8, 4) is 22.3 Å². The van der Waals surface area contributed by atoms with Crippen LogP contribution in [-0.2, 0) is 5.41 Å². The van der Waals surface area contributed by atoms with Gasteiger partial charge < -0.3 is 5.32 Å². The van der Waals surface area contributed by atoms with Crippen molar-refractivity contribution >= 4 is 11.4 Å². The summed E-state index contributed by atoms with van der Waals surface area (Å²) in [4.78, 5) is 0. The Balaban J connectivity index is 1.52. The van der Waals surface area contributed by atoms with E-state index in [2.05, 4.69) is 128 Å². The predicted octanol–water partition coefficient (Wildman–Crippen LogP) is 8.39. The van der Waals surface area contributed by atoms with Crippen LogP contribution in [0.4, 0.5) is 11.4 Å². The van der Waals surface area contributed by atoms with Gasteiger partial charge in [-0.3, -0.25) is 0 Å². The van der Waals surface area contributed by atoms with Crippen molar-refractivity contribution in [3.63, 3.8) is 0 Å². The molecule has 0 aliphatic heterocycles. The molecule has 0 bridgehead atoms. The molecule has 0 saturated carbocycles. The topological polar surface area (TPSA) is 12.0 Å². The fourth-order valence-electron chi connectivity index (χ4n) is 6.28. The molecule has 2 aliphatic rings. The van der Waals surface area contributed by atoms with Crippen LogP contribution in [0.25, 0.3) is 22.3 Å². The monoisotopic (exact) mass is 435 g/mol. The molecule has 2 aliphatic carbocycles. The third-order valence-corrected chi connectivity index (χ3v) is 7.66. The Bertz CT molecular complexity index is 1540. The second kappa shape index (κ2) is 6.95. The molecule has 34 heavy (non-hydrogen) atoms. The van der Waals surface area contributed by atoms with Crippen molar-refractivity contribution in [2.45, 2.75) is 19.3 Å². The molecule has 0 unspecified atom stereocenters. The van der Waals surface area contributed by atoms with Crippen molar-refractivity contribution in [1.29, 1.82) is 0 Å². The van der Waals surface area contributed by atoms with Crippen LogP contribution in [0.1, 0.15) is 33.4 Å². The molecule has 0 aromatic heterocycles. The summed E-state index contributed by atoms with van der Waals surface area (Å²) in [6.07, 6.45) is 0. The van der Waals surface area contributed by atoms with Gasteiger partial charge in [-0.25, -0.2) is 0 Å². The zero-order valence-electron chi connectivity index (χ0n) is 19.4. The van der Waals surface area contributed by atoms with Gasteiger partial charge >= 0.3 is 0 Å². The lowest BCUT2D eigenvalue weighted by Gasteiger charge is -2.30. The van der Waals surface area contributed by atoms with Crippen molar-refractivity contribution in [2.75, 3.05) is 5.32 Å². The minimum Gasteiger partial charge on any atom is -0.355 e. The fraction of sp³-hybridized carbons (Fsp3) is 0.0909. The number of rotatable bonds is 2. The van der Waals surface area contributed by atoms with Gasteiger partial charge in [-0.1, -0.05) is 96.6 Å².